The van der Waals surface area contributed by atoms with Gasteiger partial charge in [-0.25, -0.2) is 4.79 Å². The highest BCUT2D eigenvalue weighted by atomic mass is 35.5. The smallest absolute Gasteiger partial charge is 0.340 e. The Morgan fingerprint density at radius 2 is 2.00 bits per heavy atom. The molecule has 0 amide bonds. The van der Waals surface area contributed by atoms with Gasteiger partial charge in [-0.15, -0.1) is 11.6 Å². The van der Waals surface area contributed by atoms with Crippen LogP contribution in [-0.2, 0) is 19.1 Å². The van der Waals surface area contributed by atoms with E-state index in [9.17, 15) is 19.8 Å². The van der Waals surface area contributed by atoms with Gasteiger partial charge in [-0.05, 0) is 26.3 Å². The number of carbonyl (C=O) groups excluding carboxylic acids is 2. The molecule has 2 N–H and O–H groups in total. The summed E-state index contributed by atoms with van der Waals surface area (Å²) in [6.07, 6.45) is 1.76. The van der Waals surface area contributed by atoms with Gasteiger partial charge in [0.05, 0.1) is 17.9 Å². The molecule has 5 atom stereocenters. The maximum absolute atomic E-state index is 12.2. The van der Waals surface area contributed by atoms with E-state index in [1.54, 1.807) is 26.0 Å². The third kappa shape index (κ3) is 3.82. The van der Waals surface area contributed by atoms with Crippen LogP contribution in [-0.4, -0.2) is 51.9 Å². The van der Waals surface area contributed by atoms with Gasteiger partial charge in [0.1, 0.15) is 12.2 Å². The molecule has 7 heteroatoms. The van der Waals surface area contributed by atoms with E-state index in [1.807, 2.05) is 0 Å². The molecule has 0 bridgehead atoms. The Bertz CT molecular complexity index is 584. The topological polar surface area (TPSA) is 93.1 Å². The summed E-state index contributed by atoms with van der Waals surface area (Å²) < 4.78 is 10.7. The maximum Gasteiger partial charge on any atom is 0.340 e. The Morgan fingerprint density at radius 3 is 2.58 bits per heavy atom. The van der Waals surface area contributed by atoms with Crippen molar-refractivity contribution >= 4 is 23.5 Å². The summed E-state index contributed by atoms with van der Waals surface area (Å²) in [4.78, 5) is 23.7. The van der Waals surface area contributed by atoms with Crippen LogP contribution in [0.1, 0.15) is 33.6 Å². The standard InChI is InChI=1S/C17H23ClO6/c1-9-4-12(20)5-10(2)7-14-15(13(6-9)23-11(3)19)17(22,8-18)16(21)24-14/h4,7,12-15,20,22H,5-6,8H2,1-3H3/b9-4+,10-7+/t12-,13-,14-,15-,17+/m1/s1. The molecule has 1 aliphatic heterocycles. The molecule has 2 aliphatic rings. The van der Waals surface area contributed by atoms with E-state index in [0.717, 1.165) is 11.1 Å². The predicted octanol–water partition coefficient (Wildman–Crippen LogP) is 1.48. The molecule has 0 aromatic rings. The first-order chi connectivity index (χ1) is 11.2. The van der Waals surface area contributed by atoms with E-state index in [-0.39, 0.29) is 12.3 Å². The molecule has 0 saturated carbocycles. The van der Waals surface area contributed by atoms with E-state index in [1.165, 1.54) is 6.92 Å². The van der Waals surface area contributed by atoms with Crippen LogP contribution in [0.4, 0.5) is 0 Å². The van der Waals surface area contributed by atoms with Gasteiger partial charge in [0, 0.05) is 13.3 Å². The lowest BCUT2D eigenvalue weighted by Gasteiger charge is -2.33. The molecule has 1 saturated heterocycles. The molecule has 24 heavy (non-hydrogen) atoms. The van der Waals surface area contributed by atoms with E-state index >= 15 is 0 Å². The number of ether oxygens (including phenoxy) is 2. The lowest BCUT2D eigenvalue weighted by atomic mass is 9.79. The van der Waals surface area contributed by atoms with Crippen molar-refractivity contribution in [3.05, 3.63) is 23.3 Å². The third-order valence-electron chi connectivity index (χ3n) is 4.40. The minimum absolute atomic E-state index is 0.264. The summed E-state index contributed by atoms with van der Waals surface area (Å²) in [7, 11) is 0. The Morgan fingerprint density at radius 1 is 1.38 bits per heavy atom. The second kappa shape index (κ2) is 7.25. The monoisotopic (exact) mass is 358 g/mol. The average Bonchev–Trinajstić information content (AvgIpc) is 2.68. The Kier molecular flexibility index (Phi) is 5.73. The zero-order valence-corrected chi connectivity index (χ0v) is 14.7. The van der Waals surface area contributed by atoms with Gasteiger partial charge in [-0.2, -0.15) is 0 Å². The van der Waals surface area contributed by atoms with Crippen molar-refractivity contribution in [1.82, 2.24) is 0 Å². The van der Waals surface area contributed by atoms with Crippen LogP contribution in [0, 0.1) is 5.92 Å². The van der Waals surface area contributed by atoms with Crippen molar-refractivity contribution in [2.24, 2.45) is 5.92 Å². The molecular formula is C17H23ClO6. The van der Waals surface area contributed by atoms with E-state index in [0.29, 0.717) is 6.42 Å². The number of rotatable bonds is 2. The van der Waals surface area contributed by atoms with E-state index < -0.39 is 41.8 Å². The number of alkyl halides is 1. The van der Waals surface area contributed by atoms with Gasteiger partial charge >= 0.3 is 11.9 Å². The fourth-order valence-corrected chi connectivity index (χ4v) is 3.70. The number of halogens is 1. The molecule has 0 spiro atoms. The van der Waals surface area contributed by atoms with Crippen LogP contribution in [0.2, 0.25) is 0 Å². The third-order valence-corrected chi connectivity index (χ3v) is 4.81. The highest BCUT2D eigenvalue weighted by Gasteiger charge is 2.59. The number of esters is 2. The quantitative estimate of drug-likeness (QED) is 0.441. The first-order valence-electron chi connectivity index (χ1n) is 7.86. The number of aliphatic hydroxyl groups excluding tert-OH is 1. The molecule has 0 radical (unpaired) electrons. The maximum atomic E-state index is 12.2. The summed E-state index contributed by atoms with van der Waals surface area (Å²) in [5.74, 6) is -2.53. The number of aliphatic hydroxyl groups is 2. The van der Waals surface area contributed by atoms with Crippen LogP contribution >= 0.6 is 11.6 Å². The summed E-state index contributed by atoms with van der Waals surface area (Å²) in [5.41, 5.74) is -0.337. The van der Waals surface area contributed by atoms with Crippen LogP contribution in [0.5, 0.6) is 0 Å². The van der Waals surface area contributed by atoms with Crippen LogP contribution < -0.4 is 0 Å². The van der Waals surface area contributed by atoms with Gasteiger partial charge in [-0.1, -0.05) is 17.2 Å². The molecule has 1 heterocycles. The van der Waals surface area contributed by atoms with E-state index in [2.05, 4.69) is 0 Å². The van der Waals surface area contributed by atoms with Gasteiger partial charge in [0.15, 0.2) is 5.60 Å². The lowest BCUT2D eigenvalue weighted by Crippen LogP contribution is -2.50. The summed E-state index contributed by atoms with van der Waals surface area (Å²) >= 11 is 5.86. The highest BCUT2D eigenvalue weighted by molar-refractivity contribution is 6.20. The van der Waals surface area contributed by atoms with Gasteiger partial charge in [0.25, 0.3) is 0 Å². The zero-order chi connectivity index (χ0) is 18.1. The van der Waals surface area contributed by atoms with Crippen molar-refractivity contribution in [3.8, 4) is 0 Å². The Labute approximate surface area is 146 Å². The molecule has 0 aromatic heterocycles. The fourth-order valence-electron chi connectivity index (χ4n) is 3.41. The molecule has 0 unspecified atom stereocenters. The molecule has 134 valence electrons. The first-order valence-corrected chi connectivity index (χ1v) is 8.40. The second-order valence-corrected chi connectivity index (χ2v) is 6.87. The fraction of sp³-hybridized carbons (Fsp3) is 0.647. The minimum Gasteiger partial charge on any atom is -0.462 e. The first kappa shape index (κ1) is 19.0. The summed E-state index contributed by atoms with van der Waals surface area (Å²) in [6.45, 7) is 4.87. The minimum atomic E-state index is -1.93. The Hall–Kier alpha value is -1.37. The van der Waals surface area contributed by atoms with Gasteiger partial charge in [-0.3, -0.25) is 4.79 Å². The van der Waals surface area contributed by atoms with Crippen molar-refractivity contribution in [3.63, 3.8) is 0 Å². The number of fused-ring (bicyclic) bond motifs is 1. The SMILES string of the molecule is CC(=O)O[C@@H]1C/C(C)=C/[C@@H](O)C/C(C)=C/[C@H]2OC(=O)[C@](O)(CCl)[C@@H]21. The van der Waals surface area contributed by atoms with Crippen LogP contribution in [0.15, 0.2) is 23.3 Å². The highest BCUT2D eigenvalue weighted by Crippen LogP contribution is 2.40. The predicted molar refractivity (Wildman–Crippen MR) is 87.3 cm³/mol. The van der Waals surface area contributed by atoms with E-state index in [4.69, 9.17) is 21.1 Å². The van der Waals surface area contributed by atoms with Crippen molar-refractivity contribution in [2.45, 2.75) is 57.5 Å². The normalized spacial score (nSPS) is 41.3. The lowest BCUT2D eigenvalue weighted by molar-refractivity contribution is -0.159. The molecule has 6 nitrogen and oxygen atoms in total. The molecule has 2 rings (SSSR count). The van der Waals surface area contributed by atoms with Crippen LogP contribution in [0.25, 0.3) is 0 Å². The second-order valence-electron chi connectivity index (χ2n) is 6.60. The number of hydrogen-bond donors (Lipinski definition) is 2. The van der Waals surface area contributed by atoms with Crippen molar-refractivity contribution < 1.29 is 29.3 Å². The van der Waals surface area contributed by atoms with Gasteiger partial charge in [0.2, 0.25) is 0 Å². The van der Waals surface area contributed by atoms with Crippen molar-refractivity contribution in [1.29, 1.82) is 0 Å². The molecule has 1 aliphatic carbocycles. The molecule has 0 aromatic carbocycles. The number of carbonyl (C=O) groups is 2. The molecule has 1 fully saturated rings. The van der Waals surface area contributed by atoms with Crippen LogP contribution in [0.3, 0.4) is 0 Å². The Balaban J connectivity index is 2.51. The average molecular weight is 359 g/mol. The number of hydrogen-bond acceptors (Lipinski definition) is 6. The molecular weight excluding hydrogens is 336 g/mol. The van der Waals surface area contributed by atoms with Gasteiger partial charge < -0.3 is 19.7 Å². The van der Waals surface area contributed by atoms with Crippen molar-refractivity contribution in [2.75, 3.05) is 5.88 Å². The summed E-state index contributed by atoms with van der Waals surface area (Å²) in [5, 5.41) is 20.8. The largest absolute Gasteiger partial charge is 0.462 e. The zero-order valence-electron chi connectivity index (χ0n) is 14.0. The summed E-state index contributed by atoms with van der Waals surface area (Å²) in [6, 6.07) is 0.